The number of aromatic nitrogens is 2. The minimum absolute atomic E-state index is 0.0911. The number of benzene rings is 3. The van der Waals surface area contributed by atoms with E-state index < -0.39 is 18.3 Å². The van der Waals surface area contributed by atoms with E-state index in [-0.39, 0.29) is 35.9 Å². The molecule has 2 atom stereocenters. The van der Waals surface area contributed by atoms with Crippen LogP contribution in [0.25, 0.3) is 0 Å². The number of halogens is 4. The Morgan fingerprint density at radius 1 is 0.972 bits per heavy atom. The average Bonchev–Trinajstić information content (AvgIpc) is 3.31. The molecule has 184 valence electrons. The minimum atomic E-state index is -4.52. The summed E-state index contributed by atoms with van der Waals surface area (Å²) in [6.45, 7) is 0. The van der Waals surface area contributed by atoms with Crippen LogP contribution in [0.5, 0.6) is 0 Å². The highest BCUT2D eigenvalue weighted by molar-refractivity contribution is 6.30. The molecular weight excluding hydrogens is 487 g/mol. The molecule has 0 saturated carbocycles. The molecule has 2 heterocycles. The van der Waals surface area contributed by atoms with Gasteiger partial charge in [-0.3, -0.25) is 4.79 Å². The third-order valence-corrected chi connectivity index (χ3v) is 6.86. The first-order valence-corrected chi connectivity index (χ1v) is 12.0. The van der Waals surface area contributed by atoms with Crippen LogP contribution in [0.15, 0.2) is 91.1 Å². The quantitative estimate of drug-likeness (QED) is 0.272. The van der Waals surface area contributed by atoms with Gasteiger partial charge < -0.3 is 5.32 Å². The first kappa shape index (κ1) is 24.1. The van der Waals surface area contributed by atoms with E-state index in [1.807, 2.05) is 60.7 Å². The molecule has 1 aromatic heterocycles. The second kappa shape index (κ2) is 9.82. The van der Waals surface area contributed by atoms with Crippen molar-refractivity contribution in [1.82, 2.24) is 9.78 Å². The van der Waals surface area contributed by atoms with Crippen LogP contribution in [0.4, 0.5) is 19.0 Å². The number of nitrogens with one attached hydrogen (secondary N) is 1. The third kappa shape index (κ3) is 4.88. The zero-order chi connectivity index (χ0) is 25.3. The molecule has 0 aliphatic carbocycles. The van der Waals surface area contributed by atoms with Gasteiger partial charge in [0, 0.05) is 23.8 Å². The summed E-state index contributed by atoms with van der Waals surface area (Å²) in [5.41, 5.74) is 2.72. The Hall–Kier alpha value is -3.58. The summed E-state index contributed by atoms with van der Waals surface area (Å²) < 4.78 is 43.0. The fraction of sp³-hybridized carbons (Fsp3) is 0.214. The van der Waals surface area contributed by atoms with Gasteiger partial charge in [-0.25, -0.2) is 4.68 Å². The zero-order valence-electron chi connectivity index (χ0n) is 19.1. The Morgan fingerprint density at radius 2 is 1.56 bits per heavy atom. The highest BCUT2D eigenvalue weighted by Gasteiger charge is 2.47. The largest absolute Gasteiger partial charge is 0.410 e. The van der Waals surface area contributed by atoms with E-state index in [1.165, 1.54) is 6.20 Å². The molecule has 36 heavy (non-hydrogen) atoms. The first-order chi connectivity index (χ1) is 17.3. The Balaban J connectivity index is 1.50. The van der Waals surface area contributed by atoms with Crippen LogP contribution < -0.4 is 5.32 Å². The second-order valence-electron chi connectivity index (χ2n) is 8.89. The maximum Gasteiger partial charge on any atom is 0.410 e. The molecule has 0 bridgehead atoms. The number of ketones is 1. The number of alkyl halides is 3. The predicted molar refractivity (Wildman–Crippen MR) is 133 cm³/mol. The molecule has 1 N–H and O–H groups in total. The molecule has 3 aromatic carbocycles. The smallest absolute Gasteiger partial charge is 0.363 e. The molecule has 2 unspecified atom stereocenters. The van der Waals surface area contributed by atoms with Gasteiger partial charge in [0.15, 0.2) is 11.8 Å². The number of carbonyl (C=O) groups is 1. The fourth-order valence-corrected chi connectivity index (χ4v) is 4.90. The van der Waals surface area contributed by atoms with Crippen LogP contribution in [-0.2, 0) is 0 Å². The third-order valence-electron chi connectivity index (χ3n) is 6.60. The Labute approximate surface area is 211 Å². The molecule has 4 nitrogen and oxygen atoms in total. The number of hydrogen-bond donors (Lipinski definition) is 1. The molecule has 0 saturated heterocycles. The van der Waals surface area contributed by atoms with Crippen molar-refractivity contribution >= 4 is 23.2 Å². The number of anilines is 1. The van der Waals surface area contributed by atoms with Crippen LogP contribution in [0.2, 0.25) is 5.02 Å². The standard InChI is InChI=1S/C28H23ClF3N3O/c29-21-13-11-20(12-14-21)24-16-26(28(30,31)32)35-27(34-24)23(17-33-35)25(36)15-22(18-7-3-1-4-8-18)19-9-5-2-6-10-19/h1-14,17,22,24,26,34H,15-16H2. The Bertz CT molecular complexity index is 1300. The average molecular weight is 510 g/mol. The van der Waals surface area contributed by atoms with Crippen LogP contribution in [-0.4, -0.2) is 21.7 Å². The van der Waals surface area contributed by atoms with Crippen LogP contribution in [0, 0.1) is 0 Å². The lowest BCUT2D eigenvalue weighted by Crippen LogP contribution is -2.36. The lowest BCUT2D eigenvalue weighted by atomic mass is 9.86. The van der Waals surface area contributed by atoms with E-state index in [4.69, 9.17) is 11.6 Å². The van der Waals surface area contributed by atoms with Crippen molar-refractivity contribution in [2.75, 3.05) is 5.32 Å². The molecule has 1 aliphatic rings. The van der Waals surface area contributed by atoms with Crippen LogP contribution in [0.3, 0.4) is 0 Å². The van der Waals surface area contributed by atoms with E-state index in [9.17, 15) is 18.0 Å². The fourth-order valence-electron chi connectivity index (χ4n) is 4.77. The van der Waals surface area contributed by atoms with Gasteiger partial charge in [-0.2, -0.15) is 18.3 Å². The van der Waals surface area contributed by atoms with Gasteiger partial charge >= 0.3 is 6.18 Å². The van der Waals surface area contributed by atoms with E-state index in [0.29, 0.717) is 10.6 Å². The monoisotopic (exact) mass is 509 g/mol. The number of nitrogens with zero attached hydrogens (tertiary/aromatic N) is 2. The van der Waals surface area contributed by atoms with Crippen molar-refractivity contribution in [3.8, 4) is 0 Å². The maximum atomic E-state index is 14.0. The van der Waals surface area contributed by atoms with E-state index in [0.717, 1.165) is 15.8 Å². The summed E-state index contributed by atoms with van der Waals surface area (Å²) in [7, 11) is 0. The molecule has 1 aliphatic heterocycles. The summed E-state index contributed by atoms with van der Waals surface area (Å²) in [6, 6.07) is 23.4. The topological polar surface area (TPSA) is 46.9 Å². The van der Waals surface area contributed by atoms with Gasteiger partial charge in [-0.15, -0.1) is 0 Å². The van der Waals surface area contributed by atoms with E-state index >= 15 is 0 Å². The first-order valence-electron chi connectivity index (χ1n) is 11.6. The minimum Gasteiger partial charge on any atom is -0.363 e. The van der Waals surface area contributed by atoms with Gasteiger partial charge in [0.25, 0.3) is 0 Å². The van der Waals surface area contributed by atoms with Crippen molar-refractivity contribution in [2.24, 2.45) is 0 Å². The van der Waals surface area contributed by atoms with Gasteiger partial charge in [-0.1, -0.05) is 84.4 Å². The van der Waals surface area contributed by atoms with Crippen LogP contribution in [0.1, 0.15) is 57.9 Å². The molecule has 0 fully saturated rings. The van der Waals surface area contributed by atoms with E-state index in [1.54, 1.807) is 24.3 Å². The summed E-state index contributed by atoms with van der Waals surface area (Å²) in [6.07, 6.45) is -3.42. The van der Waals surface area contributed by atoms with Crippen molar-refractivity contribution in [3.05, 3.63) is 118 Å². The van der Waals surface area contributed by atoms with Crippen molar-refractivity contribution in [2.45, 2.75) is 37.0 Å². The summed E-state index contributed by atoms with van der Waals surface area (Å²) in [5.74, 6) is -0.433. The summed E-state index contributed by atoms with van der Waals surface area (Å²) in [4.78, 5) is 13.6. The number of carbonyl (C=O) groups excluding carboxylic acids is 1. The zero-order valence-corrected chi connectivity index (χ0v) is 19.9. The molecule has 0 spiro atoms. The second-order valence-corrected chi connectivity index (χ2v) is 9.33. The maximum absolute atomic E-state index is 14.0. The van der Waals surface area contributed by atoms with Gasteiger partial charge in [0.2, 0.25) is 0 Å². The normalized spacial score (nSPS) is 17.5. The predicted octanol–water partition coefficient (Wildman–Crippen LogP) is 7.60. The Morgan fingerprint density at radius 3 is 2.11 bits per heavy atom. The summed E-state index contributed by atoms with van der Waals surface area (Å²) in [5, 5.41) is 7.66. The number of Topliss-reactive ketones (excluding diaryl/α,β-unsaturated/α-hetero) is 1. The van der Waals surface area contributed by atoms with Crippen molar-refractivity contribution in [3.63, 3.8) is 0 Å². The molecule has 8 heteroatoms. The van der Waals surface area contributed by atoms with Gasteiger partial charge in [-0.05, 0) is 28.8 Å². The van der Waals surface area contributed by atoms with E-state index in [2.05, 4.69) is 10.4 Å². The summed E-state index contributed by atoms with van der Waals surface area (Å²) >= 11 is 5.97. The highest BCUT2D eigenvalue weighted by atomic mass is 35.5. The lowest BCUT2D eigenvalue weighted by Gasteiger charge is -2.34. The molecule has 4 aromatic rings. The van der Waals surface area contributed by atoms with Gasteiger partial charge in [0.1, 0.15) is 5.82 Å². The number of rotatable bonds is 6. The molecule has 0 amide bonds. The number of hydrogen-bond acceptors (Lipinski definition) is 3. The van der Waals surface area contributed by atoms with Crippen LogP contribution >= 0.6 is 11.6 Å². The molecular formula is C28H23ClF3N3O. The Kier molecular flexibility index (Phi) is 6.58. The number of fused-ring (bicyclic) bond motifs is 1. The van der Waals surface area contributed by atoms with Gasteiger partial charge in [0.05, 0.1) is 17.8 Å². The SMILES string of the molecule is O=C(CC(c1ccccc1)c1ccccc1)c1cnn2c1NC(c1ccc(Cl)cc1)CC2C(F)(F)F. The highest BCUT2D eigenvalue weighted by Crippen LogP contribution is 2.45. The molecule has 0 radical (unpaired) electrons. The van der Waals surface area contributed by atoms with Crippen molar-refractivity contribution < 1.29 is 18.0 Å². The molecule has 5 rings (SSSR count). The van der Waals surface area contributed by atoms with Crippen molar-refractivity contribution in [1.29, 1.82) is 0 Å². The lowest BCUT2D eigenvalue weighted by molar-refractivity contribution is -0.173.